The van der Waals surface area contributed by atoms with E-state index in [1.165, 1.54) is 23.4 Å². The number of rotatable bonds is 9. The number of fused-ring (bicyclic) bond motifs is 1. The molecule has 0 aliphatic rings. The molecule has 7 nitrogen and oxygen atoms in total. The lowest BCUT2D eigenvalue weighted by molar-refractivity contribution is -0.0374. The highest BCUT2D eigenvalue weighted by Gasteiger charge is 2.41. The number of aliphatic hydroxyl groups is 1. The maximum atomic E-state index is 15.1. The SMILES string of the molecule is CCc1c2cc(NCc3ccc(Cl)cc3)cc(Cl)c2nn1[C@H](C)[C@](O)(Cn1cncn1)c1ccc(F)cc1F. The molecule has 2 N–H and O–H groups in total. The van der Waals surface area contributed by atoms with Crippen molar-refractivity contribution in [1.82, 2.24) is 24.5 Å². The third-order valence-electron chi connectivity index (χ3n) is 6.93. The Kier molecular flexibility index (Phi) is 7.57. The van der Waals surface area contributed by atoms with Gasteiger partial charge in [0.1, 0.15) is 35.4 Å². The summed E-state index contributed by atoms with van der Waals surface area (Å²) in [7, 11) is 0. The first-order valence-electron chi connectivity index (χ1n) is 12.4. The maximum absolute atomic E-state index is 15.1. The van der Waals surface area contributed by atoms with E-state index in [9.17, 15) is 9.50 Å². The van der Waals surface area contributed by atoms with Crippen molar-refractivity contribution in [3.63, 3.8) is 0 Å². The smallest absolute Gasteiger partial charge is 0.137 e. The van der Waals surface area contributed by atoms with Crippen molar-refractivity contribution >= 4 is 39.8 Å². The predicted molar refractivity (Wildman–Crippen MR) is 148 cm³/mol. The third kappa shape index (κ3) is 5.34. The molecule has 3 aromatic carbocycles. The normalized spacial score (nSPS) is 13.9. The van der Waals surface area contributed by atoms with E-state index in [0.29, 0.717) is 28.5 Å². The molecule has 0 saturated heterocycles. The molecule has 2 aromatic heterocycles. The molecule has 0 aliphatic carbocycles. The number of hydrogen-bond acceptors (Lipinski definition) is 5. The molecule has 0 saturated carbocycles. The Labute approximate surface area is 234 Å². The van der Waals surface area contributed by atoms with Crippen molar-refractivity contribution in [3.05, 3.63) is 106 Å². The van der Waals surface area contributed by atoms with Gasteiger partial charge in [0.25, 0.3) is 0 Å². The van der Waals surface area contributed by atoms with Gasteiger partial charge in [-0.05, 0) is 49.2 Å². The standard InChI is InChI=1S/C28H26Cl2F2N6O/c1-3-26-22-11-21(34-13-18-4-6-19(29)7-5-18)12-24(30)27(22)36-38(26)17(2)28(39,14-37-16-33-15-35-37)23-9-8-20(31)10-25(23)32/h4-12,15-17,34,39H,3,13-14H2,1-2H3/t17-,28-/m1/s1. The zero-order valence-corrected chi connectivity index (χ0v) is 22.8. The van der Waals surface area contributed by atoms with Crippen molar-refractivity contribution < 1.29 is 13.9 Å². The van der Waals surface area contributed by atoms with E-state index in [1.54, 1.807) is 17.7 Å². The number of halogens is 4. The monoisotopic (exact) mass is 570 g/mol. The lowest BCUT2D eigenvalue weighted by Gasteiger charge is -2.35. The van der Waals surface area contributed by atoms with E-state index >= 15 is 4.39 Å². The van der Waals surface area contributed by atoms with Gasteiger partial charge in [0, 0.05) is 40.0 Å². The Morgan fingerprint density at radius 2 is 1.85 bits per heavy atom. The number of aromatic nitrogens is 5. The van der Waals surface area contributed by atoms with Gasteiger partial charge in [-0.2, -0.15) is 10.2 Å². The van der Waals surface area contributed by atoms with E-state index in [0.717, 1.165) is 34.5 Å². The Morgan fingerprint density at radius 3 is 2.51 bits per heavy atom. The molecule has 0 radical (unpaired) electrons. The van der Waals surface area contributed by atoms with Crippen LogP contribution in [0.3, 0.4) is 0 Å². The van der Waals surface area contributed by atoms with Gasteiger partial charge >= 0.3 is 0 Å². The van der Waals surface area contributed by atoms with Crippen LogP contribution in [-0.2, 0) is 25.1 Å². The topological polar surface area (TPSA) is 80.8 Å². The fourth-order valence-electron chi connectivity index (χ4n) is 4.84. The van der Waals surface area contributed by atoms with Crippen LogP contribution in [0.25, 0.3) is 10.9 Å². The fourth-order valence-corrected chi connectivity index (χ4v) is 5.22. The van der Waals surface area contributed by atoms with Crippen molar-refractivity contribution in [3.8, 4) is 0 Å². The first-order chi connectivity index (χ1) is 18.7. The Morgan fingerprint density at radius 1 is 1.08 bits per heavy atom. The van der Waals surface area contributed by atoms with Gasteiger partial charge in [0.15, 0.2) is 0 Å². The summed E-state index contributed by atoms with van der Waals surface area (Å²) in [6.45, 7) is 4.12. The van der Waals surface area contributed by atoms with Crippen LogP contribution in [0.1, 0.15) is 36.7 Å². The number of nitrogens with zero attached hydrogens (tertiary/aromatic N) is 5. The number of hydrogen-bond donors (Lipinski definition) is 2. The molecule has 0 aliphatic heterocycles. The highest BCUT2D eigenvalue weighted by atomic mass is 35.5. The second-order valence-electron chi connectivity index (χ2n) is 9.40. The second-order valence-corrected chi connectivity index (χ2v) is 10.2. The second kappa shape index (κ2) is 10.9. The zero-order valence-electron chi connectivity index (χ0n) is 21.2. The molecule has 5 rings (SSSR count). The summed E-state index contributed by atoms with van der Waals surface area (Å²) < 4.78 is 31.9. The Balaban J connectivity index is 1.56. The lowest BCUT2D eigenvalue weighted by Crippen LogP contribution is -2.41. The van der Waals surface area contributed by atoms with Crippen LogP contribution in [0.5, 0.6) is 0 Å². The first-order valence-corrected chi connectivity index (χ1v) is 13.1. The number of anilines is 1. The molecule has 5 aromatic rings. The molecule has 202 valence electrons. The van der Waals surface area contributed by atoms with Gasteiger partial charge in [-0.25, -0.2) is 18.4 Å². The average molecular weight is 571 g/mol. The highest BCUT2D eigenvalue weighted by molar-refractivity contribution is 6.35. The van der Waals surface area contributed by atoms with Crippen LogP contribution in [0.15, 0.2) is 67.3 Å². The van der Waals surface area contributed by atoms with Crippen LogP contribution in [0, 0.1) is 11.6 Å². The van der Waals surface area contributed by atoms with Crippen LogP contribution in [0.2, 0.25) is 10.0 Å². The molecular formula is C28H26Cl2F2N6O. The summed E-state index contributed by atoms with van der Waals surface area (Å²) in [4.78, 5) is 3.94. The number of benzene rings is 3. The molecule has 0 amide bonds. The van der Waals surface area contributed by atoms with E-state index in [4.69, 9.17) is 28.3 Å². The molecule has 0 spiro atoms. The molecule has 0 unspecified atom stereocenters. The Hall–Kier alpha value is -3.53. The first kappa shape index (κ1) is 27.1. The molecular weight excluding hydrogens is 545 g/mol. The lowest BCUT2D eigenvalue weighted by atomic mass is 9.86. The minimum atomic E-state index is -1.86. The van der Waals surface area contributed by atoms with Gasteiger partial charge in [0.2, 0.25) is 0 Å². The largest absolute Gasteiger partial charge is 0.381 e. The average Bonchev–Trinajstić information content (AvgIpc) is 3.55. The van der Waals surface area contributed by atoms with Gasteiger partial charge in [0.05, 0.1) is 17.6 Å². The fraction of sp³-hybridized carbons (Fsp3) is 0.250. The number of aryl methyl sites for hydroxylation is 1. The van der Waals surface area contributed by atoms with Crippen molar-refractivity contribution in [2.45, 2.75) is 45.0 Å². The molecule has 2 atom stereocenters. The van der Waals surface area contributed by atoms with E-state index in [2.05, 4.69) is 15.4 Å². The van der Waals surface area contributed by atoms with Gasteiger partial charge in [-0.3, -0.25) is 4.68 Å². The van der Waals surface area contributed by atoms with Gasteiger partial charge in [-0.15, -0.1) is 0 Å². The van der Waals surface area contributed by atoms with Crippen molar-refractivity contribution in [1.29, 1.82) is 0 Å². The van der Waals surface area contributed by atoms with Crippen LogP contribution in [-0.4, -0.2) is 29.7 Å². The van der Waals surface area contributed by atoms with E-state index < -0.39 is 23.3 Å². The summed E-state index contributed by atoms with van der Waals surface area (Å²) in [5.41, 5.74) is 1.26. The molecule has 2 heterocycles. The predicted octanol–water partition coefficient (Wildman–Crippen LogP) is 6.54. The maximum Gasteiger partial charge on any atom is 0.137 e. The third-order valence-corrected chi connectivity index (χ3v) is 7.47. The summed E-state index contributed by atoms with van der Waals surface area (Å²) in [5.74, 6) is -1.61. The van der Waals surface area contributed by atoms with Crippen LogP contribution in [0.4, 0.5) is 14.5 Å². The number of nitrogens with one attached hydrogen (secondary N) is 1. The molecule has 0 fully saturated rings. The summed E-state index contributed by atoms with van der Waals surface area (Å²) in [5, 5.41) is 26.2. The van der Waals surface area contributed by atoms with E-state index in [-0.39, 0.29) is 12.1 Å². The minimum Gasteiger partial charge on any atom is -0.381 e. The van der Waals surface area contributed by atoms with Crippen molar-refractivity contribution in [2.75, 3.05) is 5.32 Å². The summed E-state index contributed by atoms with van der Waals surface area (Å²) in [6, 6.07) is 13.6. The van der Waals surface area contributed by atoms with Crippen LogP contribution >= 0.6 is 23.2 Å². The highest BCUT2D eigenvalue weighted by Crippen LogP contribution is 2.40. The van der Waals surface area contributed by atoms with Gasteiger partial charge in [-0.1, -0.05) is 48.3 Å². The molecule has 0 bridgehead atoms. The van der Waals surface area contributed by atoms with Gasteiger partial charge < -0.3 is 10.4 Å². The zero-order chi connectivity index (χ0) is 27.7. The quantitative estimate of drug-likeness (QED) is 0.210. The minimum absolute atomic E-state index is 0.0788. The van der Waals surface area contributed by atoms with E-state index in [1.807, 2.05) is 37.3 Å². The van der Waals surface area contributed by atoms with Crippen LogP contribution < -0.4 is 5.32 Å². The molecule has 39 heavy (non-hydrogen) atoms. The summed E-state index contributed by atoms with van der Waals surface area (Å²) >= 11 is 12.7. The molecule has 11 heteroatoms. The Bertz CT molecular complexity index is 1610. The van der Waals surface area contributed by atoms with Crippen molar-refractivity contribution in [2.24, 2.45) is 0 Å². The summed E-state index contributed by atoms with van der Waals surface area (Å²) in [6.07, 6.45) is 3.31.